The Morgan fingerprint density at radius 2 is 1.89 bits per heavy atom. The van der Waals surface area contributed by atoms with Gasteiger partial charge < -0.3 is 20.1 Å². The normalized spacial score (nSPS) is 12.0. The Morgan fingerprint density at radius 1 is 1.22 bits per heavy atom. The maximum Gasteiger partial charge on any atom is 0.238 e. The van der Waals surface area contributed by atoms with Crippen LogP contribution >= 0.6 is 11.8 Å². The summed E-state index contributed by atoms with van der Waals surface area (Å²) in [5.74, 6) is 0.907. The molecule has 2 rings (SSSR count). The molecule has 1 atom stereocenters. The van der Waals surface area contributed by atoms with Crippen molar-refractivity contribution in [2.45, 2.75) is 32.2 Å². The maximum atomic E-state index is 12.1. The molecule has 0 saturated heterocycles. The summed E-state index contributed by atoms with van der Waals surface area (Å²) in [7, 11) is 4.06. The lowest BCUT2D eigenvalue weighted by molar-refractivity contribution is -0.118. The largest absolute Gasteiger partial charge is 0.360 e. The molecule has 0 fully saturated rings. The number of benzene rings is 1. The zero-order chi connectivity index (χ0) is 19.8. The number of aryl methyl sites for hydroxylation is 1. The maximum absolute atomic E-state index is 12.1. The minimum absolute atomic E-state index is 0.103. The van der Waals surface area contributed by atoms with E-state index in [1.54, 1.807) is 19.9 Å². The first-order chi connectivity index (χ1) is 12.8. The molecule has 7 nitrogen and oxygen atoms in total. The highest BCUT2D eigenvalue weighted by Crippen LogP contribution is 2.14. The van der Waals surface area contributed by atoms with Crippen LogP contribution in [0.25, 0.3) is 0 Å². The molecule has 0 bridgehead atoms. The van der Waals surface area contributed by atoms with Crippen LogP contribution in [0.4, 0.5) is 5.82 Å². The van der Waals surface area contributed by atoms with Crippen LogP contribution in [0.1, 0.15) is 23.8 Å². The number of hydrogen-bond donors (Lipinski definition) is 2. The summed E-state index contributed by atoms with van der Waals surface area (Å²) in [4.78, 5) is 26.2. The first kappa shape index (κ1) is 21.0. The lowest BCUT2D eigenvalue weighted by atomic mass is 10.1. The SMILES string of the molecule is Cc1cc(NC(=O)C(C)SCC(=O)NCc2ccc(CN(C)C)cc2)no1. The van der Waals surface area contributed by atoms with Crippen molar-refractivity contribution in [3.8, 4) is 0 Å². The standard InChI is InChI=1S/C19H26N4O3S/c1-13-9-17(22-26-13)21-19(25)14(2)27-12-18(24)20-10-15-5-7-16(8-6-15)11-23(3)4/h5-9,14H,10-12H2,1-4H3,(H,20,24)(H,21,22,25). The van der Waals surface area contributed by atoms with E-state index in [0.717, 1.165) is 12.1 Å². The Kier molecular flexibility index (Phi) is 7.87. The van der Waals surface area contributed by atoms with Gasteiger partial charge in [0.25, 0.3) is 0 Å². The predicted molar refractivity (Wildman–Crippen MR) is 107 cm³/mol. The quantitative estimate of drug-likeness (QED) is 0.684. The number of carbonyl (C=O) groups is 2. The molecule has 1 heterocycles. The molecule has 8 heteroatoms. The molecule has 1 aromatic heterocycles. The minimum atomic E-state index is -0.377. The van der Waals surface area contributed by atoms with Gasteiger partial charge in [-0.2, -0.15) is 0 Å². The number of nitrogens with one attached hydrogen (secondary N) is 2. The Bertz CT molecular complexity index is 759. The van der Waals surface area contributed by atoms with E-state index >= 15 is 0 Å². The first-order valence-corrected chi connectivity index (χ1v) is 9.73. The fourth-order valence-electron chi connectivity index (χ4n) is 2.31. The molecule has 0 radical (unpaired) electrons. The lowest BCUT2D eigenvalue weighted by Gasteiger charge is -2.11. The van der Waals surface area contributed by atoms with Crippen LogP contribution in [-0.2, 0) is 22.7 Å². The van der Waals surface area contributed by atoms with Crippen LogP contribution in [0.5, 0.6) is 0 Å². The molecular formula is C19H26N4O3S. The molecule has 0 aliphatic rings. The summed E-state index contributed by atoms with van der Waals surface area (Å²) in [6.07, 6.45) is 0. The fourth-order valence-corrected chi connectivity index (χ4v) is 3.02. The van der Waals surface area contributed by atoms with Gasteiger partial charge in [-0.15, -0.1) is 11.8 Å². The molecule has 0 aliphatic carbocycles. The second-order valence-electron chi connectivity index (χ2n) is 6.60. The van der Waals surface area contributed by atoms with Crippen LogP contribution in [0, 0.1) is 6.92 Å². The first-order valence-electron chi connectivity index (χ1n) is 8.68. The number of anilines is 1. The van der Waals surface area contributed by atoms with E-state index in [1.165, 1.54) is 17.3 Å². The number of amides is 2. The van der Waals surface area contributed by atoms with Gasteiger partial charge in [0.05, 0.1) is 11.0 Å². The van der Waals surface area contributed by atoms with E-state index in [9.17, 15) is 9.59 Å². The van der Waals surface area contributed by atoms with Gasteiger partial charge in [-0.3, -0.25) is 9.59 Å². The third-order valence-corrected chi connectivity index (χ3v) is 4.87. The predicted octanol–water partition coefficient (Wildman–Crippen LogP) is 2.42. The summed E-state index contributed by atoms with van der Waals surface area (Å²) in [6, 6.07) is 9.80. The Labute approximate surface area is 163 Å². The molecule has 0 spiro atoms. The molecular weight excluding hydrogens is 364 g/mol. The van der Waals surface area contributed by atoms with Crippen LogP contribution < -0.4 is 10.6 Å². The molecule has 0 saturated carbocycles. The number of carbonyl (C=O) groups excluding carboxylic acids is 2. The summed E-state index contributed by atoms with van der Waals surface area (Å²) in [5, 5.41) is 8.88. The summed E-state index contributed by atoms with van der Waals surface area (Å²) >= 11 is 1.28. The van der Waals surface area contributed by atoms with Crippen LogP contribution in [0.3, 0.4) is 0 Å². The summed E-state index contributed by atoms with van der Waals surface area (Å²) in [6.45, 7) is 4.86. The molecule has 27 heavy (non-hydrogen) atoms. The zero-order valence-corrected chi connectivity index (χ0v) is 16.9. The highest BCUT2D eigenvalue weighted by Gasteiger charge is 2.16. The van der Waals surface area contributed by atoms with Gasteiger partial charge in [-0.05, 0) is 39.1 Å². The van der Waals surface area contributed by atoms with Gasteiger partial charge in [-0.25, -0.2) is 0 Å². The highest BCUT2D eigenvalue weighted by atomic mass is 32.2. The number of aromatic nitrogens is 1. The van der Waals surface area contributed by atoms with E-state index < -0.39 is 0 Å². The van der Waals surface area contributed by atoms with Crippen molar-refractivity contribution in [1.29, 1.82) is 0 Å². The van der Waals surface area contributed by atoms with Crippen LogP contribution in [-0.4, -0.2) is 47.0 Å². The minimum Gasteiger partial charge on any atom is -0.360 e. The molecule has 146 valence electrons. The Hall–Kier alpha value is -2.32. The van der Waals surface area contributed by atoms with Crippen LogP contribution in [0.15, 0.2) is 34.9 Å². The number of rotatable bonds is 9. The second kappa shape index (κ2) is 10.1. The van der Waals surface area contributed by atoms with Crippen molar-refractivity contribution in [2.24, 2.45) is 0 Å². The third-order valence-electron chi connectivity index (χ3n) is 3.72. The van der Waals surface area contributed by atoms with E-state index in [-0.39, 0.29) is 22.8 Å². The number of hydrogen-bond acceptors (Lipinski definition) is 6. The van der Waals surface area contributed by atoms with Gasteiger partial charge in [0.1, 0.15) is 5.76 Å². The molecule has 2 aromatic rings. The van der Waals surface area contributed by atoms with Crippen molar-refractivity contribution >= 4 is 29.4 Å². The van der Waals surface area contributed by atoms with E-state index in [1.807, 2.05) is 26.2 Å². The van der Waals surface area contributed by atoms with Gasteiger partial charge in [0, 0.05) is 19.2 Å². The molecule has 1 unspecified atom stereocenters. The third kappa shape index (κ3) is 7.44. The highest BCUT2D eigenvalue weighted by molar-refractivity contribution is 8.01. The van der Waals surface area contributed by atoms with E-state index in [4.69, 9.17) is 4.52 Å². The van der Waals surface area contributed by atoms with Gasteiger partial charge >= 0.3 is 0 Å². The second-order valence-corrected chi connectivity index (χ2v) is 7.93. The zero-order valence-electron chi connectivity index (χ0n) is 16.1. The van der Waals surface area contributed by atoms with E-state index in [2.05, 4.69) is 32.8 Å². The fraction of sp³-hybridized carbons (Fsp3) is 0.421. The van der Waals surface area contributed by atoms with Crippen molar-refractivity contribution in [2.75, 3.05) is 25.2 Å². The van der Waals surface area contributed by atoms with Gasteiger partial charge in [0.15, 0.2) is 5.82 Å². The molecule has 2 amide bonds. The van der Waals surface area contributed by atoms with Crippen molar-refractivity contribution in [3.63, 3.8) is 0 Å². The average molecular weight is 391 g/mol. The molecule has 0 aliphatic heterocycles. The van der Waals surface area contributed by atoms with Crippen molar-refractivity contribution in [1.82, 2.24) is 15.4 Å². The molecule has 1 aromatic carbocycles. The Morgan fingerprint density at radius 3 is 2.48 bits per heavy atom. The number of thioether (sulfide) groups is 1. The van der Waals surface area contributed by atoms with E-state index in [0.29, 0.717) is 18.1 Å². The van der Waals surface area contributed by atoms with Gasteiger partial charge in [0.2, 0.25) is 11.8 Å². The number of nitrogens with zero attached hydrogens (tertiary/aromatic N) is 2. The molecule has 2 N–H and O–H groups in total. The summed E-state index contributed by atoms with van der Waals surface area (Å²) < 4.78 is 4.91. The summed E-state index contributed by atoms with van der Waals surface area (Å²) in [5.41, 5.74) is 2.27. The average Bonchev–Trinajstić information content (AvgIpc) is 3.03. The topological polar surface area (TPSA) is 87.5 Å². The van der Waals surface area contributed by atoms with Gasteiger partial charge in [-0.1, -0.05) is 29.4 Å². The lowest BCUT2D eigenvalue weighted by Crippen LogP contribution is -2.28. The van der Waals surface area contributed by atoms with Crippen molar-refractivity contribution < 1.29 is 14.1 Å². The monoisotopic (exact) mass is 390 g/mol. The van der Waals surface area contributed by atoms with Crippen molar-refractivity contribution in [3.05, 3.63) is 47.2 Å². The smallest absolute Gasteiger partial charge is 0.238 e. The Balaban J connectivity index is 1.69. The van der Waals surface area contributed by atoms with Crippen LogP contribution in [0.2, 0.25) is 0 Å².